The highest BCUT2D eigenvalue weighted by Crippen LogP contribution is 2.00. The van der Waals surface area contributed by atoms with Gasteiger partial charge in [0.1, 0.15) is 0 Å². The topological polar surface area (TPSA) is 48.3 Å². The van der Waals surface area contributed by atoms with Crippen LogP contribution in [0.4, 0.5) is 0 Å². The Morgan fingerprint density at radius 1 is 1.44 bits per heavy atom. The molecule has 1 aromatic rings. The largest absolute Gasteiger partial charge is 0.463 e. The molecule has 1 heterocycles. The summed E-state index contributed by atoms with van der Waals surface area (Å²) in [4.78, 5) is 22.8. The predicted molar refractivity (Wildman–Crippen MR) is 71.3 cm³/mol. The molecule has 0 unspecified atom stereocenters. The Kier molecular flexibility index (Phi) is 5.91. The molecule has 0 aliphatic rings. The first kappa shape index (κ1) is 14.2. The average Bonchev–Trinajstić information content (AvgIpc) is 2.35. The van der Waals surface area contributed by atoms with Gasteiger partial charge in [0.15, 0.2) is 0 Å². The Balaban J connectivity index is 2.72. The van der Waals surface area contributed by atoms with Crippen molar-refractivity contribution in [3.63, 3.8) is 0 Å². The molecule has 0 aromatic carbocycles. The number of unbranched alkanes of at least 4 members (excludes halogenated alkanes) is 1. The number of carbonyl (C=O) groups is 1. The Morgan fingerprint density at radius 3 is 2.83 bits per heavy atom. The first-order valence-electron chi connectivity index (χ1n) is 6.22. The van der Waals surface area contributed by atoms with Gasteiger partial charge in [0.05, 0.1) is 6.61 Å². The van der Waals surface area contributed by atoms with Gasteiger partial charge in [0.25, 0.3) is 5.56 Å². The maximum atomic E-state index is 11.7. The number of ether oxygens (including phenoxy) is 1. The third kappa shape index (κ3) is 4.57. The van der Waals surface area contributed by atoms with E-state index in [-0.39, 0.29) is 5.56 Å². The molecule has 0 bridgehead atoms. The molecule has 18 heavy (non-hydrogen) atoms. The van der Waals surface area contributed by atoms with Crippen LogP contribution in [0.1, 0.15) is 32.3 Å². The van der Waals surface area contributed by atoms with E-state index >= 15 is 0 Å². The molecular weight excluding hydrogens is 230 g/mol. The van der Waals surface area contributed by atoms with Crippen molar-refractivity contribution in [1.29, 1.82) is 0 Å². The Labute approximate surface area is 107 Å². The van der Waals surface area contributed by atoms with E-state index in [1.807, 2.05) is 6.07 Å². The molecule has 0 saturated heterocycles. The summed E-state index contributed by atoms with van der Waals surface area (Å²) in [6, 6.07) is 3.33. The lowest BCUT2D eigenvalue weighted by Gasteiger charge is -2.04. The summed E-state index contributed by atoms with van der Waals surface area (Å²) in [6.07, 6.45) is 6.70. The molecule has 4 nitrogen and oxygen atoms in total. The lowest BCUT2D eigenvalue weighted by atomic mass is 10.2. The minimum absolute atomic E-state index is 0.0468. The molecule has 0 aliphatic heterocycles. The minimum Gasteiger partial charge on any atom is -0.463 e. The van der Waals surface area contributed by atoms with E-state index in [2.05, 4.69) is 6.92 Å². The molecule has 0 spiro atoms. The minimum atomic E-state index is -0.396. The molecule has 0 N–H and O–H groups in total. The fraction of sp³-hybridized carbons (Fsp3) is 0.429. The number of rotatable bonds is 6. The van der Waals surface area contributed by atoms with Crippen molar-refractivity contribution in [2.45, 2.75) is 33.2 Å². The maximum absolute atomic E-state index is 11.7. The highest BCUT2D eigenvalue weighted by Gasteiger charge is 1.98. The van der Waals surface area contributed by atoms with Gasteiger partial charge >= 0.3 is 5.97 Å². The molecule has 4 heteroatoms. The van der Waals surface area contributed by atoms with Crippen molar-refractivity contribution in [2.24, 2.45) is 0 Å². The number of aryl methyl sites for hydroxylation is 1. The van der Waals surface area contributed by atoms with E-state index in [1.165, 1.54) is 12.1 Å². The highest BCUT2D eigenvalue weighted by atomic mass is 16.5. The van der Waals surface area contributed by atoms with Crippen LogP contribution in [0.2, 0.25) is 0 Å². The molecule has 1 rings (SSSR count). The van der Waals surface area contributed by atoms with Crippen LogP contribution in [0.25, 0.3) is 6.08 Å². The molecule has 98 valence electrons. The molecule has 0 radical (unpaired) electrons. The number of hydrogen-bond donors (Lipinski definition) is 0. The van der Waals surface area contributed by atoms with Crippen molar-refractivity contribution in [3.05, 3.63) is 40.3 Å². The van der Waals surface area contributed by atoms with Crippen molar-refractivity contribution >= 4 is 12.0 Å². The zero-order chi connectivity index (χ0) is 13.4. The number of nitrogens with zero attached hydrogens (tertiary/aromatic N) is 1. The van der Waals surface area contributed by atoms with Crippen LogP contribution in [-0.2, 0) is 16.1 Å². The Hall–Kier alpha value is -1.84. The average molecular weight is 249 g/mol. The van der Waals surface area contributed by atoms with Gasteiger partial charge in [-0.25, -0.2) is 4.79 Å². The molecule has 1 aromatic heterocycles. The van der Waals surface area contributed by atoms with Gasteiger partial charge in [-0.1, -0.05) is 13.3 Å². The number of carbonyl (C=O) groups excluding carboxylic acids is 1. The standard InChI is InChI=1S/C14H19NO3/c1-3-5-9-15-10-8-12(11-13(15)16)6-7-14(17)18-4-2/h6-8,10-11H,3-5,9H2,1-2H3/b7-6+. The summed E-state index contributed by atoms with van der Waals surface area (Å²) in [5.74, 6) is -0.396. The van der Waals surface area contributed by atoms with E-state index in [0.29, 0.717) is 12.2 Å². The normalized spacial score (nSPS) is 10.8. The Bertz CT molecular complexity index is 474. The van der Waals surface area contributed by atoms with E-state index in [4.69, 9.17) is 4.74 Å². The summed E-state index contributed by atoms with van der Waals surface area (Å²) < 4.78 is 6.43. The first-order chi connectivity index (χ1) is 8.67. The predicted octanol–water partition coefficient (Wildman–Crippen LogP) is 2.22. The van der Waals surface area contributed by atoms with Crippen LogP contribution in [-0.4, -0.2) is 17.1 Å². The van der Waals surface area contributed by atoms with Crippen LogP contribution in [0.5, 0.6) is 0 Å². The second-order valence-corrected chi connectivity index (χ2v) is 3.93. The molecular formula is C14H19NO3. The zero-order valence-corrected chi connectivity index (χ0v) is 10.9. The number of esters is 1. The summed E-state index contributed by atoms with van der Waals surface area (Å²) in [5.41, 5.74) is 0.662. The van der Waals surface area contributed by atoms with Crippen molar-refractivity contribution in [3.8, 4) is 0 Å². The molecule has 0 amide bonds. The van der Waals surface area contributed by atoms with Gasteiger partial charge in [0.2, 0.25) is 0 Å². The van der Waals surface area contributed by atoms with E-state index in [0.717, 1.165) is 19.4 Å². The van der Waals surface area contributed by atoms with Gasteiger partial charge in [-0.3, -0.25) is 4.79 Å². The number of hydrogen-bond acceptors (Lipinski definition) is 3. The van der Waals surface area contributed by atoms with E-state index in [9.17, 15) is 9.59 Å². The van der Waals surface area contributed by atoms with E-state index < -0.39 is 5.97 Å². The molecule has 0 saturated carbocycles. The SMILES string of the molecule is CCCCn1ccc(/C=C/C(=O)OCC)cc1=O. The lowest BCUT2D eigenvalue weighted by Crippen LogP contribution is -2.18. The van der Waals surface area contributed by atoms with Gasteiger partial charge < -0.3 is 9.30 Å². The third-order valence-corrected chi connectivity index (χ3v) is 2.47. The van der Waals surface area contributed by atoms with Gasteiger partial charge in [0, 0.05) is 24.9 Å². The lowest BCUT2D eigenvalue weighted by molar-refractivity contribution is -0.137. The molecule has 0 aliphatic carbocycles. The summed E-state index contributed by atoms with van der Waals surface area (Å²) in [7, 11) is 0. The van der Waals surface area contributed by atoms with Gasteiger partial charge in [-0.05, 0) is 31.1 Å². The van der Waals surface area contributed by atoms with Crippen LogP contribution >= 0.6 is 0 Å². The highest BCUT2D eigenvalue weighted by molar-refractivity contribution is 5.86. The van der Waals surface area contributed by atoms with Crippen molar-refractivity contribution in [1.82, 2.24) is 4.57 Å². The van der Waals surface area contributed by atoms with Crippen molar-refractivity contribution in [2.75, 3.05) is 6.61 Å². The fourth-order valence-corrected chi connectivity index (χ4v) is 1.49. The van der Waals surface area contributed by atoms with Gasteiger partial charge in [-0.15, -0.1) is 0 Å². The molecule has 0 fully saturated rings. The van der Waals surface area contributed by atoms with Crippen LogP contribution in [0.3, 0.4) is 0 Å². The van der Waals surface area contributed by atoms with Crippen LogP contribution in [0.15, 0.2) is 29.2 Å². The monoisotopic (exact) mass is 249 g/mol. The summed E-state index contributed by atoms with van der Waals surface area (Å²) in [5, 5.41) is 0. The van der Waals surface area contributed by atoms with Gasteiger partial charge in [-0.2, -0.15) is 0 Å². The Morgan fingerprint density at radius 2 is 2.22 bits per heavy atom. The summed E-state index contributed by atoms with van der Waals surface area (Å²) >= 11 is 0. The molecule has 0 atom stereocenters. The second-order valence-electron chi connectivity index (χ2n) is 3.93. The van der Waals surface area contributed by atoms with Crippen molar-refractivity contribution < 1.29 is 9.53 Å². The van der Waals surface area contributed by atoms with Crippen LogP contribution < -0.4 is 5.56 Å². The van der Waals surface area contributed by atoms with Crippen LogP contribution in [0, 0.1) is 0 Å². The zero-order valence-electron chi connectivity index (χ0n) is 10.9. The second kappa shape index (κ2) is 7.48. The van der Waals surface area contributed by atoms with E-state index in [1.54, 1.807) is 23.8 Å². The maximum Gasteiger partial charge on any atom is 0.330 e. The number of pyridine rings is 1. The number of aromatic nitrogens is 1. The fourth-order valence-electron chi connectivity index (χ4n) is 1.49. The smallest absolute Gasteiger partial charge is 0.330 e. The quantitative estimate of drug-likeness (QED) is 0.573. The third-order valence-electron chi connectivity index (χ3n) is 2.47. The first-order valence-corrected chi connectivity index (χ1v) is 6.22. The summed E-state index contributed by atoms with van der Waals surface area (Å²) in [6.45, 7) is 4.92.